The third kappa shape index (κ3) is 1.94. The van der Waals surface area contributed by atoms with Crippen LogP contribution in [0.1, 0.15) is 24.3 Å². The summed E-state index contributed by atoms with van der Waals surface area (Å²) in [5.74, 6) is 0.885. The first kappa shape index (κ1) is 12.3. The molecule has 3 aromatic rings. The van der Waals surface area contributed by atoms with Gasteiger partial charge in [0.2, 0.25) is 11.7 Å². The van der Waals surface area contributed by atoms with E-state index in [-0.39, 0.29) is 11.2 Å². The van der Waals surface area contributed by atoms with E-state index in [9.17, 15) is 4.39 Å². The van der Waals surface area contributed by atoms with Gasteiger partial charge in [-0.05, 0) is 30.5 Å². The lowest BCUT2D eigenvalue weighted by atomic mass is 9.96. The monoisotopic (exact) mass is 284 g/mol. The van der Waals surface area contributed by atoms with Gasteiger partial charge in [-0.3, -0.25) is 4.68 Å². The molecule has 2 heterocycles. The molecule has 0 radical (unpaired) electrons. The zero-order valence-corrected chi connectivity index (χ0v) is 11.5. The Kier molecular flexibility index (Phi) is 2.48. The molecule has 21 heavy (non-hydrogen) atoms. The molecule has 0 aliphatic heterocycles. The number of rotatable bonds is 3. The molecule has 4 rings (SSSR count). The highest BCUT2D eigenvalue weighted by atomic mass is 19.1. The molecular weight excluding hydrogens is 271 g/mol. The Labute approximate surface area is 120 Å². The first-order valence-electron chi connectivity index (χ1n) is 6.77. The minimum absolute atomic E-state index is 0.240. The molecule has 0 unspecified atom stereocenters. The number of halogens is 1. The average Bonchev–Trinajstić information content (AvgIpc) is 2.94. The number of aromatic nitrogens is 4. The topological polar surface area (TPSA) is 56.7 Å². The molecule has 1 aliphatic rings. The Balaban J connectivity index is 1.70. The maximum atomic E-state index is 13.1. The van der Waals surface area contributed by atoms with Crippen LogP contribution in [0.5, 0.6) is 0 Å². The van der Waals surface area contributed by atoms with Crippen molar-refractivity contribution in [2.24, 2.45) is 7.05 Å². The molecule has 0 bridgehead atoms. The quantitative estimate of drug-likeness (QED) is 0.742. The smallest absolute Gasteiger partial charge is 0.237 e. The van der Waals surface area contributed by atoms with Crippen LogP contribution in [0, 0.1) is 5.82 Å². The fraction of sp³-hybridized carbons (Fsp3) is 0.267. The van der Waals surface area contributed by atoms with Crippen molar-refractivity contribution >= 4 is 0 Å². The normalized spacial score (nSPS) is 16.1. The van der Waals surface area contributed by atoms with Gasteiger partial charge in [-0.25, -0.2) is 4.39 Å². The molecule has 0 saturated heterocycles. The first-order chi connectivity index (χ1) is 10.2. The summed E-state index contributed by atoms with van der Waals surface area (Å²) in [6.45, 7) is 0. The lowest BCUT2D eigenvalue weighted by molar-refractivity contribution is 0.360. The van der Waals surface area contributed by atoms with Crippen molar-refractivity contribution in [2.75, 3.05) is 0 Å². The van der Waals surface area contributed by atoms with Crippen LogP contribution in [-0.2, 0) is 12.5 Å². The number of hydrogen-bond donors (Lipinski definition) is 0. The van der Waals surface area contributed by atoms with Crippen LogP contribution in [0.4, 0.5) is 4.39 Å². The van der Waals surface area contributed by atoms with Crippen LogP contribution in [0.15, 0.2) is 41.2 Å². The Morgan fingerprint density at radius 3 is 2.62 bits per heavy atom. The predicted octanol–water partition coefficient (Wildman–Crippen LogP) is 2.69. The molecule has 1 fully saturated rings. The Hall–Kier alpha value is -2.50. The second kappa shape index (κ2) is 4.25. The summed E-state index contributed by atoms with van der Waals surface area (Å²) in [7, 11) is 1.84. The molecule has 0 spiro atoms. The van der Waals surface area contributed by atoms with E-state index < -0.39 is 0 Å². The van der Waals surface area contributed by atoms with E-state index in [0.29, 0.717) is 11.7 Å². The highest BCUT2D eigenvalue weighted by molar-refractivity contribution is 5.52. The van der Waals surface area contributed by atoms with Gasteiger partial charge in [0.05, 0.1) is 17.2 Å². The molecule has 1 aromatic carbocycles. The SMILES string of the molecule is Cn1cc(-c2noc(C3(c4ccc(F)cc4)CC3)n2)cn1. The number of aryl methyl sites for hydroxylation is 1. The first-order valence-corrected chi connectivity index (χ1v) is 6.77. The lowest BCUT2D eigenvalue weighted by Gasteiger charge is -2.09. The highest BCUT2D eigenvalue weighted by Gasteiger charge is 2.51. The maximum absolute atomic E-state index is 13.1. The summed E-state index contributed by atoms with van der Waals surface area (Å²) in [5, 5.41) is 8.14. The second-order valence-electron chi connectivity index (χ2n) is 5.41. The van der Waals surface area contributed by atoms with Crippen LogP contribution in [0.3, 0.4) is 0 Å². The second-order valence-corrected chi connectivity index (χ2v) is 5.41. The van der Waals surface area contributed by atoms with Crippen molar-refractivity contribution < 1.29 is 8.91 Å². The maximum Gasteiger partial charge on any atom is 0.237 e. The molecule has 0 N–H and O–H groups in total. The molecule has 1 saturated carbocycles. The fourth-order valence-electron chi connectivity index (χ4n) is 2.59. The van der Waals surface area contributed by atoms with Crippen molar-refractivity contribution in [3.63, 3.8) is 0 Å². The van der Waals surface area contributed by atoms with Gasteiger partial charge in [0.1, 0.15) is 5.82 Å². The lowest BCUT2D eigenvalue weighted by Crippen LogP contribution is -2.09. The average molecular weight is 284 g/mol. The van der Waals surface area contributed by atoms with Gasteiger partial charge in [-0.1, -0.05) is 17.3 Å². The van der Waals surface area contributed by atoms with E-state index in [0.717, 1.165) is 24.0 Å². The molecule has 5 nitrogen and oxygen atoms in total. The van der Waals surface area contributed by atoms with Crippen molar-refractivity contribution in [3.8, 4) is 11.4 Å². The largest absolute Gasteiger partial charge is 0.338 e. The van der Waals surface area contributed by atoms with E-state index in [1.54, 1.807) is 23.0 Å². The summed E-state index contributed by atoms with van der Waals surface area (Å²) in [4.78, 5) is 4.50. The van der Waals surface area contributed by atoms with Gasteiger partial charge in [0.15, 0.2) is 0 Å². The fourth-order valence-corrected chi connectivity index (χ4v) is 2.59. The predicted molar refractivity (Wildman–Crippen MR) is 72.9 cm³/mol. The Bertz CT molecular complexity index is 786. The molecular formula is C15H13FN4O. The highest BCUT2D eigenvalue weighted by Crippen LogP contribution is 2.53. The van der Waals surface area contributed by atoms with Gasteiger partial charge in [0.25, 0.3) is 0 Å². The molecule has 2 aromatic heterocycles. The van der Waals surface area contributed by atoms with Crippen LogP contribution >= 0.6 is 0 Å². The number of benzene rings is 1. The minimum Gasteiger partial charge on any atom is -0.338 e. The number of nitrogens with zero attached hydrogens (tertiary/aromatic N) is 4. The van der Waals surface area contributed by atoms with Gasteiger partial charge in [-0.2, -0.15) is 10.1 Å². The van der Waals surface area contributed by atoms with Gasteiger partial charge >= 0.3 is 0 Å². The van der Waals surface area contributed by atoms with Gasteiger partial charge < -0.3 is 4.52 Å². The summed E-state index contributed by atoms with van der Waals surface area (Å²) in [6.07, 6.45) is 5.42. The van der Waals surface area contributed by atoms with Crippen LogP contribution in [0.2, 0.25) is 0 Å². The Morgan fingerprint density at radius 1 is 1.24 bits per heavy atom. The third-order valence-electron chi connectivity index (χ3n) is 3.95. The zero-order valence-electron chi connectivity index (χ0n) is 11.5. The summed E-state index contributed by atoms with van der Waals surface area (Å²) in [5.41, 5.74) is 1.59. The standard InChI is InChI=1S/C15H13FN4O/c1-20-9-10(8-17-20)13-18-14(21-19-13)15(6-7-15)11-2-4-12(16)5-3-11/h2-5,8-9H,6-7H2,1H3. The van der Waals surface area contributed by atoms with Crippen molar-refractivity contribution in [1.82, 2.24) is 19.9 Å². The van der Waals surface area contributed by atoms with Gasteiger partial charge in [0, 0.05) is 13.2 Å². The molecule has 0 amide bonds. The minimum atomic E-state index is -0.249. The van der Waals surface area contributed by atoms with E-state index in [1.807, 2.05) is 13.2 Å². The van der Waals surface area contributed by atoms with Gasteiger partial charge in [-0.15, -0.1) is 0 Å². The number of hydrogen-bond acceptors (Lipinski definition) is 4. The molecule has 106 valence electrons. The molecule has 1 aliphatic carbocycles. The van der Waals surface area contributed by atoms with Crippen LogP contribution in [0.25, 0.3) is 11.4 Å². The van der Waals surface area contributed by atoms with E-state index in [4.69, 9.17) is 4.52 Å². The zero-order chi connectivity index (χ0) is 14.4. The molecule has 6 heteroatoms. The van der Waals surface area contributed by atoms with Crippen LogP contribution < -0.4 is 0 Å². The summed E-state index contributed by atoms with van der Waals surface area (Å²) < 4.78 is 20.2. The summed E-state index contributed by atoms with van der Waals surface area (Å²) >= 11 is 0. The summed E-state index contributed by atoms with van der Waals surface area (Å²) in [6, 6.07) is 6.51. The Morgan fingerprint density at radius 2 is 2.00 bits per heavy atom. The van der Waals surface area contributed by atoms with Crippen LogP contribution in [-0.4, -0.2) is 19.9 Å². The van der Waals surface area contributed by atoms with E-state index in [1.165, 1.54) is 12.1 Å². The van der Waals surface area contributed by atoms with Crippen molar-refractivity contribution in [1.29, 1.82) is 0 Å². The van der Waals surface area contributed by atoms with E-state index >= 15 is 0 Å². The van der Waals surface area contributed by atoms with Crippen molar-refractivity contribution in [2.45, 2.75) is 18.3 Å². The van der Waals surface area contributed by atoms with Crippen molar-refractivity contribution in [3.05, 3.63) is 53.9 Å². The van der Waals surface area contributed by atoms with E-state index in [2.05, 4.69) is 15.2 Å². The third-order valence-corrected chi connectivity index (χ3v) is 3.95. The molecule has 0 atom stereocenters.